The molecule has 0 saturated heterocycles. The second-order valence-corrected chi connectivity index (χ2v) is 10.4. The lowest BCUT2D eigenvalue weighted by Crippen LogP contribution is -2.33. The summed E-state index contributed by atoms with van der Waals surface area (Å²) in [5.74, 6) is 0.336. The maximum atomic E-state index is 12.8. The number of rotatable bonds is 7. The Morgan fingerprint density at radius 2 is 1.84 bits per heavy atom. The number of carbonyl (C=O) groups excluding carboxylic acids is 1. The monoisotopic (exact) mass is 459 g/mol. The first-order valence-corrected chi connectivity index (χ1v) is 11.9. The topological polar surface area (TPSA) is 88.6 Å². The summed E-state index contributed by atoms with van der Waals surface area (Å²) < 4.78 is 31.9. The number of hydrogen-bond acceptors (Lipinski definition) is 6. The van der Waals surface area contributed by atoms with E-state index in [4.69, 9.17) is 4.74 Å². The molecule has 0 saturated carbocycles. The van der Waals surface area contributed by atoms with Gasteiger partial charge in [-0.15, -0.1) is 11.3 Å². The van der Waals surface area contributed by atoms with E-state index >= 15 is 0 Å². The van der Waals surface area contributed by atoms with Gasteiger partial charge in [-0.1, -0.05) is 6.07 Å². The van der Waals surface area contributed by atoms with E-state index in [1.165, 1.54) is 34.8 Å². The number of amides is 1. The quantitative estimate of drug-likeness (QED) is 0.565. The number of benzene rings is 2. The number of nitrogens with zero attached hydrogens (tertiary/aromatic N) is 2. The summed E-state index contributed by atoms with van der Waals surface area (Å²) >= 11 is 1.36. The van der Waals surface area contributed by atoms with E-state index in [0.29, 0.717) is 5.13 Å². The minimum atomic E-state index is -3.68. The van der Waals surface area contributed by atoms with Gasteiger partial charge in [-0.25, -0.2) is 13.4 Å². The Bertz CT molecular complexity index is 1190. The summed E-state index contributed by atoms with van der Waals surface area (Å²) in [5, 5.41) is 3.22. The fourth-order valence-electron chi connectivity index (χ4n) is 2.88. The second kappa shape index (κ2) is 9.17. The SMILES string of the molecule is COc1ccc(-c2nc(NC(=O)c3cccc(S(=O)(=O)N(C)C(C)C)c3)sc2C)cc1. The van der Waals surface area contributed by atoms with Crippen LogP contribution in [-0.2, 0) is 10.0 Å². The number of anilines is 1. The fourth-order valence-corrected chi connectivity index (χ4v) is 5.12. The van der Waals surface area contributed by atoms with Gasteiger partial charge >= 0.3 is 0 Å². The zero-order valence-corrected chi connectivity index (χ0v) is 19.7. The van der Waals surface area contributed by atoms with Crippen LogP contribution in [0, 0.1) is 6.92 Å². The van der Waals surface area contributed by atoms with Crippen LogP contribution < -0.4 is 10.1 Å². The third-order valence-corrected chi connectivity index (χ3v) is 7.80. The summed E-state index contributed by atoms with van der Waals surface area (Å²) in [6, 6.07) is 13.3. The number of ether oxygens (including phenoxy) is 1. The van der Waals surface area contributed by atoms with E-state index in [0.717, 1.165) is 21.9 Å². The molecule has 0 fully saturated rings. The van der Waals surface area contributed by atoms with Gasteiger partial charge in [0.25, 0.3) is 5.91 Å². The number of thiazole rings is 1. The van der Waals surface area contributed by atoms with Gasteiger partial charge in [0.05, 0.1) is 17.7 Å². The first-order valence-electron chi connectivity index (χ1n) is 9.64. The Morgan fingerprint density at radius 1 is 1.16 bits per heavy atom. The lowest BCUT2D eigenvalue weighted by molar-refractivity contribution is 0.102. The summed E-state index contributed by atoms with van der Waals surface area (Å²) in [6.45, 7) is 5.51. The van der Waals surface area contributed by atoms with Crippen molar-refractivity contribution in [1.82, 2.24) is 9.29 Å². The first-order chi connectivity index (χ1) is 14.6. The lowest BCUT2D eigenvalue weighted by atomic mass is 10.1. The number of nitrogens with one attached hydrogen (secondary N) is 1. The molecule has 0 bridgehead atoms. The average Bonchev–Trinajstić information content (AvgIpc) is 3.13. The van der Waals surface area contributed by atoms with Gasteiger partial charge in [0.1, 0.15) is 5.75 Å². The number of carbonyl (C=O) groups is 1. The average molecular weight is 460 g/mol. The Balaban J connectivity index is 1.82. The van der Waals surface area contributed by atoms with Crippen molar-refractivity contribution in [3.8, 4) is 17.0 Å². The molecule has 1 aromatic heterocycles. The lowest BCUT2D eigenvalue weighted by Gasteiger charge is -2.21. The first kappa shape index (κ1) is 22.9. The summed E-state index contributed by atoms with van der Waals surface area (Å²) in [4.78, 5) is 18.3. The Morgan fingerprint density at radius 3 is 2.45 bits per heavy atom. The highest BCUT2D eigenvalue weighted by molar-refractivity contribution is 7.89. The summed E-state index contributed by atoms with van der Waals surface area (Å²) in [6.07, 6.45) is 0. The highest BCUT2D eigenvalue weighted by Crippen LogP contribution is 2.31. The Labute approximate surface area is 186 Å². The second-order valence-electron chi connectivity index (χ2n) is 7.25. The molecule has 0 atom stereocenters. The van der Waals surface area contributed by atoms with E-state index in [1.807, 2.05) is 31.2 Å². The molecule has 0 aliphatic carbocycles. The standard InChI is InChI=1S/C22H25N3O4S2/c1-14(2)25(4)31(27,28)19-8-6-7-17(13-19)21(26)24-22-23-20(15(3)30-22)16-9-11-18(29-5)12-10-16/h6-14H,1-5H3,(H,23,24,26). The molecule has 0 aliphatic rings. The minimum Gasteiger partial charge on any atom is -0.497 e. The van der Waals surface area contributed by atoms with Crippen molar-refractivity contribution in [3.63, 3.8) is 0 Å². The van der Waals surface area contributed by atoms with Crippen LogP contribution in [0.5, 0.6) is 5.75 Å². The van der Waals surface area contributed by atoms with Crippen molar-refractivity contribution in [2.24, 2.45) is 0 Å². The van der Waals surface area contributed by atoms with E-state index in [2.05, 4.69) is 10.3 Å². The van der Waals surface area contributed by atoms with Gasteiger partial charge in [0.15, 0.2) is 5.13 Å². The molecule has 1 N–H and O–H groups in total. The number of methoxy groups -OCH3 is 1. The zero-order chi connectivity index (χ0) is 22.8. The molecule has 164 valence electrons. The van der Waals surface area contributed by atoms with Crippen molar-refractivity contribution in [3.05, 3.63) is 59.0 Å². The van der Waals surface area contributed by atoms with E-state index in [9.17, 15) is 13.2 Å². The molecule has 3 rings (SSSR count). The number of hydrogen-bond donors (Lipinski definition) is 1. The van der Waals surface area contributed by atoms with Crippen LogP contribution in [0.2, 0.25) is 0 Å². The van der Waals surface area contributed by atoms with Crippen LogP contribution in [0.4, 0.5) is 5.13 Å². The maximum absolute atomic E-state index is 12.8. The van der Waals surface area contributed by atoms with Crippen LogP contribution >= 0.6 is 11.3 Å². The molecule has 1 heterocycles. The van der Waals surface area contributed by atoms with Crippen LogP contribution in [0.3, 0.4) is 0 Å². The van der Waals surface area contributed by atoms with Gasteiger partial charge in [-0.05, 0) is 63.2 Å². The van der Waals surface area contributed by atoms with Crippen LogP contribution in [0.1, 0.15) is 29.1 Å². The van der Waals surface area contributed by atoms with E-state index in [1.54, 1.807) is 33.1 Å². The third-order valence-electron chi connectivity index (χ3n) is 4.88. The molecule has 1 amide bonds. The smallest absolute Gasteiger partial charge is 0.257 e. The number of sulfonamides is 1. The molecule has 7 nitrogen and oxygen atoms in total. The van der Waals surface area contributed by atoms with Crippen molar-refractivity contribution in [1.29, 1.82) is 0 Å². The van der Waals surface area contributed by atoms with Crippen molar-refractivity contribution >= 4 is 32.4 Å². The highest BCUT2D eigenvalue weighted by atomic mass is 32.2. The Hall–Kier alpha value is -2.75. The van der Waals surface area contributed by atoms with Gasteiger partial charge in [-0.3, -0.25) is 10.1 Å². The van der Waals surface area contributed by atoms with Crippen molar-refractivity contribution in [2.75, 3.05) is 19.5 Å². The predicted octanol–water partition coefficient (Wildman–Crippen LogP) is 4.41. The predicted molar refractivity (Wildman–Crippen MR) is 123 cm³/mol. The number of aryl methyl sites for hydroxylation is 1. The molecule has 0 spiro atoms. The summed E-state index contributed by atoms with van der Waals surface area (Å²) in [7, 11) is -0.553. The molecular weight excluding hydrogens is 434 g/mol. The van der Waals surface area contributed by atoms with Crippen LogP contribution in [-0.4, -0.2) is 43.8 Å². The van der Waals surface area contributed by atoms with Crippen molar-refractivity contribution in [2.45, 2.75) is 31.7 Å². The third kappa shape index (κ3) is 4.95. The molecule has 2 aromatic carbocycles. The molecule has 0 aliphatic heterocycles. The fraction of sp³-hybridized carbons (Fsp3) is 0.273. The molecule has 9 heteroatoms. The molecular formula is C22H25N3O4S2. The Kier molecular flexibility index (Phi) is 6.78. The molecule has 31 heavy (non-hydrogen) atoms. The van der Waals surface area contributed by atoms with Gasteiger partial charge < -0.3 is 4.74 Å². The minimum absolute atomic E-state index is 0.0746. The van der Waals surface area contributed by atoms with Crippen LogP contribution in [0.15, 0.2) is 53.4 Å². The maximum Gasteiger partial charge on any atom is 0.257 e. The molecule has 0 radical (unpaired) electrons. The van der Waals surface area contributed by atoms with E-state index in [-0.39, 0.29) is 16.5 Å². The normalized spacial score (nSPS) is 11.7. The zero-order valence-electron chi connectivity index (χ0n) is 18.0. The number of aromatic nitrogens is 1. The van der Waals surface area contributed by atoms with Crippen molar-refractivity contribution < 1.29 is 17.9 Å². The summed E-state index contributed by atoms with van der Waals surface area (Å²) in [5.41, 5.74) is 1.94. The van der Waals surface area contributed by atoms with Crippen LogP contribution in [0.25, 0.3) is 11.3 Å². The molecule has 3 aromatic rings. The van der Waals surface area contributed by atoms with Gasteiger partial charge in [0, 0.05) is 29.1 Å². The van der Waals surface area contributed by atoms with Gasteiger partial charge in [-0.2, -0.15) is 4.31 Å². The molecule has 0 unspecified atom stereocenters. The highest BCUT2D eigenvalue weighted by Gasteiger charge is 2.24. The van der Waals surface area contributed by atoms with Gasteiger partial charge in [0.2, 0.25) is 10.0 Å². The largest absolute Gasteiger partial charge is 0.497 e. The van der Waals surface area contributed by atoms with E-state index < -0.39 is 15.9 Å².